The molecular weight excluding hydrogens is 262 g/mol. The predicted molar refractivity (Wildman–Crippen MR) is 78.2 cm³/mol. The van der Waals surface area contributed by atoms with Gasteiger partial charge in [0.1, 0.15) is 6.61 Å². The fourth-order valence-corrected chi connectivity index (χ4v) is 2.15. The zero-order valence-electron chi connectivity index (χ0n) is 11.2. The van der Waals surface area contributed by atoms with Crippen LogP contribution < -0.4 is 5.32 Å². The Morgan fingerprint density at radius 3 is 2.74 bits per heavy atom. The molecule has 0 saturated heterocycles. The molecule has 1 atom stereocenters. The maximum absolute atomic E-state index is 11.7. The van der Waals surface area contributed by atoms with Crippen LogP contribution in [-0.4, -0.2) is 22.4 Å². The lowest BCUT2D eigenvalue weighted by Gasteiger charge is -2.17. The van der Waals surface area contributed by atoms with Crippen molar-refractivity contribution in [2.45, 2.75) is 38.8 Å². The molecule has 1 unspecified atom stereocenters. The van der Waals surface area contributed by atoms with Gasteiger partial charge in [0.2, 0.25) is 0 Å². The number of carbonyl (C=O) groups excluding carboxylic acids is 1. The summed E-state index contributed by atoms with van der Waals surface area (Å²) < 4.78 is 13.9. The fourth-order valence-electron chi connectivity index (χ4n) is 1.76. The molecular formula is C14H21NO3S. The maximum atomic E-state index is 11.7. The third-order valence-electron chi connectivity index (χ3n) is 2.73. The van der Waals surface area contributed by atoms with Crippen molar-refractivity contribution in [3.8, 4) is 0 Å². The highest BCUT2D eigenvalue weighted by atomic mass is 32.2. The molecule has 0 heterocycles. The monoisotopic (exact) mass is 283 g/mol. The minimum Gasteiger partial charge on any atom is -0.445 e. The smallest absolute Gasteiger partial charge is 0.407 e. The number of amides is 1. The van der Waals surface area contributed by atoms with Gasteiger partial charge in [-0.3, -0.25) is 0 Å². The second-order valence-corrected chi connectivity index (χ2v) is 4.98. The van der Waals surface area contributed by atoms with E-state index in [-0.39, 0.29) is 12.6 Å². The van der Waals surface area contributed by atoms with Crippen LogP contribution in [0.4, 0.5) is 4.79 Å². The summed E-state index contributed by atoms with van der Waals surface area (Å²) in [6, 6.07) is 9.64. The molecule has 0 spiro atoms. The highest BCUT2D eigenvalue weighted by Gasteiger charge is 2.12. The average molecular weight is 283 g/mol. The van der Waals surface area contributed by atoms with Crippen molar-refractivity contribution in [3.63, 3.8) is 0 Å². The van der Waals surface area contributed by atoms with Crippen molar-refractivity contribution >= 4 is 18.1 Å². The minimum absolute atomic E-state index is 0.0629. The lowest BCUT2D eigenvalue weighted by molar-refractivity contribution is 0.135. The van der Waals surface area contributed by atoms with Crippen LogP contribution in [0.3, 0.4) is 0 Å². The third-order valence-corrected chi connectivity index (χ3v) is 3.15. The fraction of sp³-hybridized carbons (Fsp3) is 0.500. The molecule has 0 radical (unpaired) electrons. The molecule has 0 bridgehead atoms. The molecule has 0 aliphatic rings. The zero-order valence-corrected chi connectivity index (χ0v) is 12.0. The predicted octanol–water partition coefficient (Wildman–Crippen LogP) is 3.68. The maximum Gasteiger partial charge on any atom is 0.407 e. The van der Waals surface area contributed by atoms with Gasteiger partial charge in [-0.1, -0.05) is 43.7 Å². The number of benzene rings is 1. The van der Waals surface area contributed by atoms with Gasteiger partial charge in [-0.05, 0) is 30.4 Å². The van der Waals surface area contributed by atoms with Gasteiger partial charge in [0.05, 0.1) is 0 Å². The Morgan fingerprint density at radius 2 is 2.11 bits per heavy atom. The molecule has 0 saturated carbocycles. The molecule has 106 valence electrons. The molecule has 0 aromatic heterocycles. The van der Waals surface area contributed by atoms with E-state index in [0.29, 0.717) is 5.75 Å². The molecule has 1 aromatic rings. The molecule has 0 aliphatic carbocycles. The van der Waals surface area contributed by atoms with E-state index in [4.69, 9.17) is 9.29 Å². The molecule has 1 aromatic carbocycles. The van der Waals surface area contributed by atoms with Crippen molar-refractivity contribution in [1.82, 2.24) is 5.32 Å². The van der Waals surface area contributed by atoms with Gasteiger partial charge in [0.25, 0.3) is 0 Å². The van der Waals surface area contributed by atoms with Crippen LogP contribution in [-0.2, 0) is 11.3 Å². The number of alkyl carbamates (subject to hydrolysis) is 1. The second kappa shape index (κ2) is 9.69. The van der Waals surface area contributed by atoms with Crippen molar-refractivity contribution in [2.24, 2.45) is 0 Å². The summed E-state index contributed by atoms with van der Waals surface area (Å²) in [5.74, 6) is 0.615. The Balaban J connectivity index is 2.31. The quantitative estimate of drug-likeness (QED) is 0.715. The number of nitrogens with one attached hydrogen (secondary N) is 1. The standard InChI is InChI=1S/C14H21NO3S/c1-2-6-13(9-10-19-17)15-14(16)18-11-12-7-4-3-5-8-12/h3-5,7-8,13,17H,2,6,9-11H2,1H3,(H,15,16). The lowest BCUT2D eigenvalue weighted by atomic mass is 10.1. The first-order chi connectivity index (χ1) is 9.26. The van der Waals surface area contributed by atoms with E-state index in [0.717, 1.165) is 36.9 Å². The third kappa shape index (κ3) is 7.08. The summed E-state index contributed by atoms with van der Waals surface area (Å²) >= 11 is 0.801. The number of ether oxygens (including phenoxy) is 1. The Bertz CT molecular complexity index is 359. The van der Waals surface area contributed by atoms with Crippen molar-refractivity contribution in [2.75, 3.05) is 5.75 Å². The minimum atomic E-state index is -0.398. The Morgan fingerprint density at radius 1 is 1.37 bits per heavy atom. The Labute approximate surface area is 118 Å². The van der Waals surface area contributed by atoms with Crippen LogP contribution in [0.25, 0.3) is 0 Å². The van der Waals surface area contributed by atoms with Crippen molar-refractivity contribution in [3.05, 3.63) is 35.9 Å². The molecule has 0 aliphatic heterocycles. The summed E-state index contributed by atoms with van der Waals surface area (Å²) in [5.41, 5.74) is 0.968. The van der Waals surface area contributed by atoms with Gasteiger partial charge >= 0.3 is 6.09 Å². The Kier molecular flexibility index (Phi) is 8.09. The first kappa shape index (κ1) is 15.9. The molecule has 1 amide bonds. The summed E-state index contributed by atoms with van der Waals surface area (Å²) in [6.45, 7) is 2.34. The first-order valence-electron chi connectivity index (χ1n) is 6.49. The van der Waals surface area contributed by atoms with Crippen LogP contribution in [0.15, 0.2) is 30.3 Å². The molecule has 19 heavy (non-hydrogen) atoms. The molecule has 0 fully saturated rings. The highest BCUT2D eigenvalue weighted by molar-refractivity contribution is 7.93. The van der Waals surface area contributed by atoms with E-state index in [1.165, 1.54) is 0 Å². The van der Waals surface area contributed by atoms with E-state index < -0.39 is 6.09 Å². The van der Waals surface area contributed by atoms with Gasteiger partial charge < -0.3 is 14.6 Å². The van der Waals surface area contributed by atoms with Crippen LogP contribution in [0, 0.1) is 0 Å². The topological polar surface area (TPSA) is 58.6 Å². The normalized spacial score (nSPS) is 11.9. The van der Waals surface area contributed by atoms with E-state index in [1.807, 2.05) is 30.3 Å². The van der Waals surface area contributed by atoms with Crippen LogP contribution in [0.1, 0.15) is 31.7 Å². The van der Waals surface area contributed by atoms with Gasteiger partial charge in [0, 0.05) is 11.8 Å². The van der Waals surface area contributed by atoms with E-state index >= 15 is 0 Å². The number of hydrogen-bond acceptors (Lipinski definition) is 4. The van der Waals surface area contributed by atoms with Crippen LogP contribution >= 0.6 is 12.0 Å². The largest absolute Gasteiger partial charge is 0.445 e. The summed E-state index contributed by atoms with van der Waals surface area (Å²) in [6.07, 6.45) is 2.22. The van der Waals surface area contributed by atoms with Crippen LogP contribution in [0.5, 0.6) is 0 Å². The van der Waals surface area contributed by atoms with Gasteiger partial charge in [0.15, 0.2) is 0 Å². The number of carbonyl (C=O) groups is 1. The SMILES string of the molecule is CCCC(CCSO)NC(=O)OCc1ccccc1. The van der Waals surface area contributed by atoms with Gasteiger partial charge in [-0.2, -0.15) is 0 Å². The zero-order chi connectivity index (χ0) is 13.9. The highest BCUT2D eigenvalue weighted by Crippen LogP contribution is 2.07. The van der Waals surface area contributed by atoms with Gasteiger partial charge in [-0.25, -0.2) is 4.79 Å². The van der Waals surface area contributed by atoms with Crippen molar-refractivity contribution in [1.29, 1.82) is 0 Å². The van der Waals surface area contributed by atoms with E-state index in [1.54, 1.807) is 0 Å². The van der Waals surface area contributed by atoms with Gasteiger partial charge in [-0.15, -0.1) is 0 Å². The Hall–Kier alpha value is -1.20. The number of rotatable bonds is 8. The van der Waals surface area contributed by atoms with Crippen molar-refractivity contribution < 1.29 is 14.1 Å². The molecule has 1 rings (SSSR count). The summed E-state index contributed by atoms with van der Waals surface area (Å²) in [7, 11) is 0. The van der Waals surface area contributed by atoms with E-state index in [2.05, 4.69) is 12.2 Å². The lowest BCUT2D eigenvalue weighted by Crippen LogP contribution is -2.35. The summed E-state index contributed by atoms with van der Waals surface area (Å²) in [4.78, 5) is 11.7. The average Bonchev–Trinajstić information content (AvgIpc) is 2.44. The summed E-state index contributed by atoms with van der Waals surface area (Å²) in [5, 5.41) is 2.84. The molecule has 2 N–H and O–H groups in total. The van der Waals surface area contributed by atoms with E-state index in [9.17, 15) is 4.79 Å². The number of hydrogen-bond donors (Lipinski definition) is 2. The molecule has 5 heteroatoms. The first-order valence-corrected chi connectivity index (χ1v) is 7.44. The molecule has 4 nitrogen and oxygen atoms in total. The van der Waals surface area contributed by atoms with Crippen LogP contribution in [0.2, 0.25) is 0 Å². The second-order valence-electron chi connectivity index (χ2n) is 4.31.